The minimum Gasteiger partial charge on any atom is -0.493 e. The zero-order chi connectivity index (χ0) is 21.5. The Hall–Kier alpha value is -3.39. The summed E-state index contributed by atoms with van der Waals surface area (Å²) in [5.41, 5.74) is 1.62. The second-order valence-electron chi connectivity index (χ2n) is 6.20. The maximum Gasteiger partial charge on any atom is 0.312 e. The summed E-state index contributed by atoms with van der Waals surface area (Å²) in [6, 6.07) is 10.9. The van der Waals surface area contributed by atoms with Crippen molar-refractivity contribution in [2.24, 2.45) is 0 Å². The molecule has 0 amide bonds. The van der Waals surface area contributed by atoms with Crippen molar-refractivity contribution in [1.29, 1.82) is 0 Å². The zero-order valence-corrected chi connectivity index (χ0v) is 16.9. The molecule has 8 heteroatoms. The molecule has 0 atom stereocenters. The fraction of sp³-hybridized carbons (Fsp3) is 0.273. The molecular formula is C22H22FNO6. The highest BCUT2D eigenvalue weighted by Gasteiger charge is 2.21. The maximum absolute atomic E-state index is 13.3. The monoisotopic (exact) mass is 415 g/mol. The number of hydrogen-bond donors (Lipinski definition) is 0. The molecule has 0 saturated heterocycles. The molecule has 7 nitrogen and oxygen atoms in total. The van der Waals surface area contributed by atoms with E-state index in [2.05, 4.69) is 4.98 Å². The van der Waals surface area contributed by atoms with Crippen LogP contribution in [-0.2, 0) is 20.7 Å². The highest BCUT2D eigenvalue weighted by Crippen LogP contribution is 2.36. The standard InChI is InChI=1S/C22H22FNO6/c1-4-28-20(25)12-17-21(30-22(24-17)14-5-8-16(23)9-6-14)15-7-10-18(29-13-26-2)19(11-15)27-3/h5-11H,4,12-13H2,1-3H3. The third-order valence-electron chi connectivity index (χ3n) is 4.16. The van der Waals surface area contributed by atoms with E-state index >= 15 is 0 Å². The van der Waals surface area contributed by atoms with Crippen molar-refractivity contribution in [3.8, 4) is 34.3 Å². The fourth-order valence-corrected chi connectivity index (χ4v) is 2.81. The summed E-state index contributed by atoms with van der Waals surface area (Å²) in [5, 5.41) is 0. The molecule has 0 fully saturated rings. The average Bonchev–Trinajstić information content (AvgIpc) is 3.16. The van der Waals surface area contributed by atoms with Crippen LogP contribution in [0.25, 0.3) is 22.8 Å². The Labute approximate surface area is 173 Å². The van der Waals surface area contributed by atoms with E-state index < -0.39 is 5.97 Å². The topological polar surface area (TPSA) is 80.0 Å². The number of halogens is 1. The summed E-state index contributed by atoms with van der Waals surface area (Å²) < 4.78 is 40.1. The van der Waals surface area contributed by atoms with Crippen LogP contribution in [0.4, 0.5) is 4.39 Å². The smallest absolute Gasteiger partial charge is 0.312 e. The lowest BCUT2D eigenvalue weighted by Gasteiger charge is -2.11. The molecule has 1 aromatic heterocycles. The highest BCUT2D eigenvalue weighted by atomic mass is 19.1. The largest absolute Gasteiger partial charge is 0.493 e. The summed E-state index contributed by atoms with van der Waals surface area (Å²) >= 11 is 0. The van der Waals surface area contributed by atoms with Crippen molar-refractivity contribution in [1.82, 2.24) is 4.98 Å². The number of oxazole rings is 1. The first kappa shape index (κ1) is 21.3. The molecule has 0 aliphatic heterocycles. The third kappa shape index (κ3) is 4.96. The van der Waals surface area contributed by atoms with Gasteiger partial charge in [0.1, 0.15) is 5.82 Å². The predicted molar refractivity (Wildman–Crippen MR) is 107 cm³/mol. The van der Waals surface area contributed by atoms with E-state index in [9.17, 15) is 9.18 Å². The zero-order valence-electron chi connectivity index (χ0n) is 16.9. The van der Waals surface area contributed by atoms with Gasteiger partial charge in [-0.3, -0.25) is 4.79 Å². The molecule has 3 aromatic rings. The third-order valence-corrected chi connectivity index (χ3v) is 4.16. The lowest BCUT2D eigenvalue weighted by atomic mass is 10.1. The van der Waals surface area contributed by atoms with E-state index in [0.29, 0.717) is 34.1 Å². The van der Waals surface area contributed by atoms with Gasteiger partial charge in [0, 0.05) is 18.2 Å². The Kier molecular flexibility index (Phi) is 7.03. The Balaban J connectivity index is 2.02. The number of ether oxygens (including phenoxy) is 4. The number of methoxy groups -OCH3 is 2. The van der Waals surface area contributed by atoms with Crippen LogP contribution in [-0.4, -0.2) is 38.6 Å². The van der Waals surface area contributed by atoms with Crippen LogP contribution in [0, 0.1) is 5.82 Å². The summed E-state index contributed by atoms with van der Waals surface area (Å²) in [6.45, 7) is 2.06. The van der Waals surface area contributed by atoms with Crippen LogP contribution in [0.1, 0.15) is 12.6 Å². The van der Waals surface area contributed by atoms with Crippen molar-refractivity contribution in [2.75, 3.05) is 27.6 Å². The number of carbonyl (C=O) groups is 1. The Morgan fingerprint density at radius 2 is 1.80 bits per heavy atom. The van der Waals surface area contributed by atoms with Crippen LogP contribution in [0.3, 0.4) is 0 Å². The summed E-state index contributed by atoms with van der Waals surface area (Å²) in [4.78, 5) is 16.5. The highest BCUT2D eigenvalue weighted by molar-refractivity contribution is 5.76. The maximum atomic E-state index is 13.3. The molecule has 1 heterocycles. The van der Waals surface area contributed by atoms with Gasteiger partial charge in [0.15, 0.2) is 24.1 Å². The van der Waals surface area contributed by atoms with Crippen LogP contribution in [0.5, 0.6) is 11.5 Å². The van der Waals surface area contributed by atoms with Gasteiger partial charge in [-0.05, 0) is 49.4 Å². The fourth-order valence-electron chi connectivity index (χ4n) is 2.81. The minimum atomic E-state index is -0.426. The molecule has 2 aromatic carbocycles. The molecule has 0 saturated carbocycles. The molecule has 0 bridgehead atoms. The van der Waals surface area contributed by atoms with Gasteiger partial charge in [-0.1, -0.05) is 0 Å². The number of esters is 1. The van der Waals surface area contributed by atoms with Gasteiger partial charge < -0.3 is 23.4 Å². The molecular weight excluding hydrogens is 393 g/mol. The number of rotatable bonds is 9. The number of benzene rings is 2. The van der Waals surface area contributed by atoms with Gasteiger partial charge in [0.25, 0.3) is 0 Å². The number of aromatic nitrogens is 1. The first-order valence-corrected chi connectivity index (χ1v) is 9.27. The van der Waals surface area contributed by atoms with E-state index in [1.807, 2.05) is 0 Å². The summed E-state index contributed by atoms with van der Waals surface area (Å²) in [6.07, 6.45) is -0.0713. The molecule has 0 unspecified atom stereocenters. The van der Waals surface area contributed by atoms with E-state index in [0.717, 1.165) is 0 Å². The van der Waals surface area contributed by atoms with E-state index in [4.69, 9.17) is 23.4 Å². The molecule has 3 rings (SSSR count). The first-order valence-electron chi connectivity index (χ1n) is 9.27. The van der Waals surface area contributed by atoms with Gasteiger partial charge >= 0.3 is 5.97 Å². The van der Waals surface area contributed by atoms with Crippen molar-refractivity contribution in [3.63, 3.8) is 0 Å². The number of carbonyl (C=O) groups excluding carboxylic acids is 1. The second-order valence-corrected chi connectivity index (χ2v) is 6.20. The van der Waals surface area contributed by atoms with Gasteiger partial charge in [-0.2, -0.15) is 0 Å². The molecule has 0 radical (unpaired) electrons. The SMILES string of the molecule is CCOC(=O)Cc1nc(-c2ccc(F)cc2)oc1-c1ccc(OCOC)c(OC)c1. The lowest BCUT2D eigenvalue weighted by Crippen LogP contribution is -2.08. The number of nitrogens with zero attached hydrogens (tertiary/aromatic N) is 1. The predicted octanol–water partition coefficient (Wildman–Crippen LogP) is 4.24. The van der Waals surface area contributed by atoms with Gasteiger partial charge in [-0.25, -0.2) is 9.37 Å². The molecule has 0 spiro atoms. The second kappa shape index (κ2) is 9.89. The quantitative estimate of drug-likeness (QED) is 0.382. The van der Waals surface area contributed by atoms with Crippen LogP contribution >= 0.6 is 0 Å². The molecule has 158 valence electrons. The van der Waals surface area contributed by atoms with Crippen molar-refractivity contribution < 1.29 is 32.5 Å². The molecule has 0 aliphatic rings. The van der Waals surface area contributed by atoms with Gasteiger partial charge in [0.2, 0.25) is 5.89 Å². The Morgan fingerprint density at radius 3 is 2.47 bits per heavy atom. The first-order chi connectivity index (χ1) is 14.5. The van der Waals surface area contributed by atoms with E-state index in [1.54, 1.807) is 37.3 Å². The van der Waals surface area contributed by atoms with Gasteiger partial charge in [0.05, 0.1) is 25.8 Å². The van der Waals surface area contributed by atoms with Crippen LogP contribution in [0.2, 0.25) is 0 Å². The van der Waals surface area contributed by atoms with E-state index in [-0.39, 0.29) is 31.5 Å². The van der Waals surface area contributed by atoms with Gasteiger partial charge in [-0.15, -0.1) is 0 Å². The normalized spacial score (nSPS) is 10.7. The van der Waals surface area contributed by atoms with Crippen LogP contribution < -0.4 is 9.47 Å². The van der Waals surface area contributed by atoms with E-state index in [1.165, 1.54) is 26.4 Å². The molecule has 30 heavy (non-hydrogen) atoms. The summed E-state index contributed by atoms with van der Waals surface area (Å²) in [5.74, 6) is 0.819. The average molecular weight is 415 g/mol. The summed E-state index contributed by atoms with van der Waals surface area (Å²) in [7, 11) is 3.04. The number of hydrogen-bond acceptors (Lipinski definition) is 7. The Morgan fingerprint density at radius 1 is 1.07 bits per heavy atom. The molecule has 0 N–H and O–H groups in total. The lowest BCUT2D eigenvalue weighted by molar-refractivity contribution is -0.142. The van der Waals surface area contributed by atoms with Crippen LogP contribution in [0.15, 0.2) is 46.9 Å². The van der Waals surface area contributed by atoms with Crippen molar-refractivity contribution in [2.45, 2.75) is 13.3 Å². The van der Waals surface area contributed by atoms with Crippen molar-refractivity contribution >= 4 is 5.97 Å². The molecule has 0 aliphatic carbocycles. The van der Waals surface area contributed by atoms with Crippen molar-refractivity contribution in [3.05, 3.63) is 54.0 Å². The Bertz CT molecular complexity index is 999. The minimum absolute atomic E-state index is 0.0703.